The van der Waals surface area contributed by atoms with E-state index >= 15 is 0 Å². The van der Waals surface area contributed by atoms with E-state index in [1.54, 1.807) is 12.1 Å². The van der Waals surface area contributed by atoms with Crippen LogP contribution in [0.3, 0.4) is 0 Å². The van der Waals surface area contributed by atoms with Gasteiger partial charge in [-0.05, 0) is 28.1 Å². The molecule has 0 bridgehead atoms. The van der Waals surface area contributed by atoms with E-state index in [0.29, 0.717) is 31.0 Å². The number of hydrogen-bond donors (Lipinski definition) is 1. The molecule has 0 aliphatic heterocycles. The average Bonchev–Trinajstić information content (AvgIpc) is 2.29. The van der Waals surface area contributed by atoms with Crippen molar-refractivity contribution < 1.29 is 4.74 Å². The Hall–Kier alpha value is -0.680. The van der Waals surface area contributed by atoms with Crippen molar-refractivity contribution >= 4 is 56.4 Å². The molecule has 0 spiro atoms. The summed E-state index contributed by atoms with van der Waals surface area (Å²) >= 11 is 21.2. The lowest BCUT2D eigenvalue weighted by atomic mass is 10.3. The van der Waals surface area contributed by atoms with Crippen LogP contribution < -0.4 is 10.5 Å². The van der Waals surface area contributed by atoms with Gasteiger partial charge in [0.25, 0.3) is 0 Å². The van der Waals surface area contributed by atoms with Crippen LogP contribution in [-0.4, -0.2) is 4.98 Å². The fourth-order valence-electron chi connectivity index (χ4n) is 1.20. The van der Waals surface area contributed by atoms with Crippen LogP contribution in [0.4, 0.5) is 5.69 Å². The van der Waals surface area contributed by atoms with Crippen LogP contribution in [0.15, 0.2) is 28.9 Å². The van der Waals surface area contributed by atoms with Gasteiger partial charge in [0.15, 0.2) is 0 Å². The molecule has 7 heteroatoms. The largest absolute Gasteiger partial charge is 0.436 e. The zero-order valence-corrected chi connectivity index (χ0v) is 12.6. The van der Waals surface area contributed by atoms with Crippen LogP contribution in [0.2, 0.25) is 15.1 Å². The first-order chi connectivity index (χ1) is 8.47. The van der Waals surface area contributed by atoms with Gasteiger partial charge in [0, 0.05) is 10.5 Å². The van der Waals surface area contributed by atoms with Crippen molar-refractivity contribution in [3.8, 4) is 11.6 Å². The fourth-order valence-corrected chi connectivity index (χ4v) is 2.25. The van der Waals surface area contributed by atoms with Crippen LogP contribution in [-0.2, 0) is 0 Å². The van der Waals surface area contributed by atoms with Crippen molar-refractivity contribution in [3.05, 3.63) is 43.9 Å². The first-order valence-corrected chi connectivity index (χ1v) is 6.63. The first-order valence-electron chi connectivity index (χ1n) is 4.71. The molecule has 2 rings (SSSR count). The number of nitrogens with zero attached hydrogens (tertiary/aromatic N) is 1. The molecule has 0 saturated heterocycles. The summed E-state index contributed by atoms with van der Waals surface area (Å²) in [7, 11) is 0. The Balaban J connectivity index is 2.37. The van der Waals surface area contributed by atoms with Crippen LogP contribution in [0.1, 0.15) is 0 Å². The number of ether oxygens (including phenoxy) is 1. The Bertz CT molecular complexity index is 607. The molecule has 0 amide bonds. The minimum absolute atomic E-state index is 0.214. The number of hydrogen-bond acceptors (Lipinski definition) is 3. The third-order valence-electron chi connectivity index (χ3n) is 2.01. The van der Waals surface area contributed by atoms with Crippen molar-refractivity contribution in [2.24, 2.45) is 0 Å². The highest BCUT2D eigenvalue weighted by Gasteiger charge is 2.11. The first kappa shape index (κ1) is 13.7. The van der Waals surface area contributed by atoms with Gasteiger partial charge in [-0.2, -0.15) is 0 Å². The molecule has 0 aliphatic carbocycles. The summed E-state index contributed by atoms with van der Waals surface area (Å²) in [6.45, 7) is 0. The number of pyridine rings is 1. The van der Waals surface area contributed by atoms with Gasteiger partial charge < -0.3 is 10.5 Å². The van der Waals surface area contributed by atoms with Gasteiger partial charge in [0.2, 0.25) is 5.88 Å². The summed E-state index contributed by atoms with van der Waals surface area (Å²) in [6.07, 6.45) is 1.44. The van der Waals surface area contributed by atoms with E-state index in [-0.39, 0.29) is 5.88 Å². The second-order valence-corrected chi connectivity index (χ2v) is 5.43. The molecule has 2 aromatic rings. The molecule has 1 heterocycles. The Labute approximate surface area is 127 Å². The van der Waals surface area contributed by atoms with E-state index < -0.39 is 0 Å². The zero-order chi connectivity index (χ0) is 13.3. The normalized spacial score (nSPS) is 10.4. The fraction of sp³-hybridized carbons (Fsp3) is 0. The number of aromatic nitrogens is 1. The molecule has 3 nitrogen and oxygen atoms in total. The lowest BCUT2D eigenvalue weighted by molar-refractivity contribution is 0.463. The summed E-state index contributed by atoms with van der Waals surface area (Å²) in [5, 5.41) is 1.16. The Morgan fingerprint density at radius 1 is 1.06 bits per heavy atom. The number of nitrogens with two attached hydrogens (primary N) is 1. The SMILES string of the molecule is Nc1cnc(Oc2cc(Cl)c(Br)cc2Cl)c(Cl)c1. The summed E-state index contributed by atoms with van der Waals surface area (Å²) in [5.74, 6) is 0.579. The molecule has 0 aliphatic rings. The van der Waals surface area contributed by atoms with E-state index in [9.17, 15) is 0 Å². The molecule has 0 unspecified atom stereocenters. The lowest BCUT2D eigenvalue weighted by Gasteiger charge is -2.09. The van der Waals surface area contributed by atoms with Gasteiger partial charge >= 0.3 is 0 Å². The molecular weight excluding hydrogens is 362 g/mol. The topological polar surface area (TPSA) is 48.1 Å². The van der Waals surface area contributed by atoms with Crippen LogP contribution in [0, 0.1) is 0 Å². The lowest BCUT2D eigenvalue weighted by Crippen LogP contribution is -1.92. The number of anilines is 1. The Morgan fingerprint density at radius 3 is 2.44 bits per heavy atom. The molecule has 2 N–H and O–H groups in total. The van der Waals surface area contributed by atoms with Gasteiger partial charge in [0.1, 0.15) is 10.8 Å². The summed E-state index contributed by atoms with van der Waals surface area (Å²) in [5.41, 5.74) is 5.99. The van der Waals surface area contributed by atoms with Gasteiger partial charge in [-0.3, -0.25) is 0 Å². The molecule has 18 heavy (non-hydrogen) atoms. The maximum Gasteiger partial charge on any atom is 0.238 e. The minimum atomic E-state index is 0.214. The van der Waals surface area contributed by atoms with E-state index in [1.165, 1.54) is 12.3 Å². The van der Waals surface area contributed by atoms with E-state index in [0.717, 1.165) is 0 Å². The Kier molecular flexibility index (Phi) is 4.22. The van der Waals surface area contributed by atoms with Gasteiger partial charge in [-0.15, -0.1) is 0 Å². The summed E-state index contributed by atoms with van der Waals surface area (Å²) in [4.78, 5) is 3.97. The monoisotopic (exact) mass is 366 g/mol. The van der Waals surface area contributed by atoms with Crippen molar-refractivity contribution in [3.63, 3.8) is 0 Å². The second-order valence-electron chi connectivity index (χ2n) is 3.35. The Morgan fingerprint density at radius 2 is 1.78 bits per heavy atom. The van der Waals surface area contributed by atoms with Gasteiger partial charge in [-0.1, -0.05) is 34.8 Å². The quantitative estimate of drug-likeness (QED) is 0.743. The van der Waals surface area contributed by atoms with Gasteiger partial charge in [0.05, 0.1) is 21.9 Å². The number of rotatable bonds is 2. The highest BCUT2D eigenvalue weighted by Crippen LogP contribution is 2.37. The molecule has 0 atom stereocenters. The van der Waals surface area contributed by atoms with Crippen LogP contribution in [0.25, 0.3) is 0 Å². The third-order valence-corrected chi connectivity index (χ3v) is 3.77. The van der Waals surface area contributed by atoms with Gasteiger partial charge in [-0.25, -0.2) is 4.98 Å². The van der Waals surface area contributed by atoms with E-state index in [1.807, 2.05) is 0 Å². The van der Waals surface area contributed by atoms with Crippen LogP contribution in [0.5, 0.6) is 11.6 Å². The molecular formula is C11H6BrCl3N2O. The highest BCUT2D eigenvalue weighted by molar-refractivity contribution is 9.10. The zero-order valence-electron chi connectivity index (χ0n) is 8.75. The average molecular weight is 368 g/mol. The van der Waals surface area contributed by atoms with E-state index in [2.05, 4.69) is 20.9 Å². The smallest absolute Gasteiger partial charge is 0.238 e. The van der Waals surface area contributed by atoms with Crippen molar-refractivity contribution in [1.29, 1.82) is 0 Å². The number of benzene rings is 1. The summed E-state index contributed by atoms with van der Waals surface area (Å²) in [6, 6.07) is 4.74. The summed E-state index contributed by atoms with van der Waals surface area (Å²) < 4.78 is 6.17. The minimum Gasteiger partial charge on any atom is -0.436 e. The maximum atomic E-state index is 6.03. The molecule has 94 valence electrons. The predicted molar refractivity (Wildman–Crippen MR) is 77.9 cm³/mol. The number of nitrogen functional groups attached to an aromatic ring is 1. The molecule has 0 saturated carbocycles. The molecule has 0 fully saturated rings. The second kappa shape index (κ2) is 5.53. The highest BCUT2D eigenvalue weighted by atomic mass is 79.9. The number of halogens is 4. The predicted octanol–water partition coefficient (Wildman–Crippen LogP) is 5.18. The van der Waals surface area contributed by atoms with Crippen molar-refractivity contribution in [1.82, 2.24) is 4.98 Å². The molecule has 0 radical (unpaired) electrons. The van der Waals surface area contributed by atoms with Crippen molar-refractivity contribution in [2.45, 2.75) is 0 Å². The van der Waals surface area contributed by atoms with E-state index in [4.69, 9.17) is 45.3 Å². The third kappa shape index (κ3) is 3.01. The molecule has 1 aromatic heterocycles. The maximum absolute atomic E-state index is 6.03. The van der Waals surface area contributed by atoms with Crippen LogP contribution >= 0.6 is 50.7 Å². The van der Waals surface area contributed by atoms with Crippen molar-refractivity contribution in [2.75, 3.05) is 5.73 Å². The standard InChI is InChI=1S/C11H6BrCl3N2O/c12-6-2-8(14)10(3-7(6)13)18-11-9(15)1-5(16)4-17-11/h1-4H,16H2. The molecule has 1 aromatic carbocycles.